The van der Waals surface area contributed by atoms with E-state index in [0.29, 0.717) is 0 Å². The Bertz CT molecular complexity index is 665. The predicted octanol–water partition coefficient (Wildman–Crippen LogP) is -1.40. The Labute approximate surface area is 125 Å². The van der Waals surface area contributed by atoms with Crippen LogP contribution in [0.2, 0.25) is 0 Å². The van der Waals surface area contributed by atoms with E-state index >= 15 is 0 Å². The SMILES string of the molecule is CCOC(=O)c1cn([C@@H]2O[C@H](CO)[C@@H](O)[C@H]2C)c(=O)[nH]c1=O. The van der Waals surface area contributed by atoms with E-state index in [1.807, 2.05) is 4.98 Å². The van der Waals surface area contributed by atoms with Gasteiger partial charge in [0.1, 0.15) is 17.9 Å². The second-order valence-corrected chi connectivity index (χ2v) is 5.03. The number of ether oxygens (including phenoxy) is 2. The summed E-state index contributed by atoms with van der Waals surface area (Å²) >= 11 is 0. The topological polar surface area (TPSA) is 131 Å². The summed E-state index contributed by atoms with van der Waals surface area (Å²) in [6.45, 7) is 2.89. The lowest BCUT2D eigenvalue weighted by Gasteiger charge is -2.18. The number of nitrogens with zero attached hydrogens (tertiary/aromatic N) is 1. The molecule has 0 radical (unpaired) electrons. The van der Waals surface area contributed by atoms with Crippen molar-refractivity contribution in [3.63, 3.8) is 0 Å². The molecule has 22 heavy (non-hydrogen) atoms. The molecule has 2 rings (SSSR count). The van der Waals surface area contributed by atoms with Crippen LogP contribution in [0.4, 0.5) is 0 Å². The van der Waals surface area contributed by atoms with Crippen LogP contribution in [0, 0.1) is 5.92 Å². The van der Waals surface area contributed by atoms with Crippen molar-refractivity contribution in [2.75, 3.05) is 13.2 Å². The fraction of sp³-hybridized carbons (Fsp3) is 0.615. The third kappa shape index (κ3) is 2.82. The number of hydrogen-bond donors (Lipinski definition) is 3. The molecular formula is C13H18N2O7. The summed E-state index contributed by atoms with van der Waals surface area (Å²) in [6, 6.07) is 0. The highest BCUT2D eigenvalue weighted by Gasteiger charge is 2.42. The first-order chi connectivity index (χ1) is 10.4. The van der Waals surface area contributed by atoms with Crippen LogP contribution >= 0.6 is 0 Å². The molecule has 9 nitrogen and oxygen atoms in total. The summed E-state index contributed by atoms with van der Waals surface area (Å²) in [5.74, 6) is -1.38. The van der Waals surface area contributed by atoms with Gasteiger partial charge in [0, 0.05) is 12.1 Å². The molecule has 1 aromatic rings. The van der Waals surface area contributed by atoms with Crippen molar-refractivity contribution in [2.24, 2.45) is 5.92 Å². The van der Waals surface area contributed by atoms with Crippen LogP contribution in [0.3, 0.4) is 0 Å². The molecule has 0 aliphatic carbocycles. The molecule has 4 atom stereocenters. The molecule has 3 N–H and O–H groups in total. The molecule has 1 aliphatic rings. The zero-order chi connectivity index (χ0) is 16.4. The molecule has 122 valence electrons. The number of aliphatic hydroxyl groups is 2. The number of aromatic amines is 1. The number of hydrogen-bond acceptors (Lipinski definition) is 7. The highest BCUT2D eigenvalue weighted by molar-refractivity contribution is 5.88. The number of carbonyl (C=O) groups is 1. The molecule has 0 aromatic carbocycles. The normalized spacial score (nSPS) is 27.8. The van der Waals surface area contributed by atoms with Gasteiger partial charge in [-0.2, -0.15) is 0 Å². The number of esters is 1. The fourth-order valence-electron chi connectivity index (χ4n) is 2.39. The largest absolute Gasteiger partial charge is 0.462 e. The quantitative estimate of drug-likeness (QED) is 0.582. The molecule has 9 heteroatoms. The number of rotatable bonds is 4. The lowest BCUT2D eigenvalue weighted by molar-refractivity contribution is -0.0478. The van der Waals surface area contributed by atoms with Crippen molar-refractivity contribution in [2.45, 2.75) is 32.3 Å². The van der Waals surface area contributed by atoms with E-state index in [2.05, 4.69) is 0 Å². The Morgan fingerprint density at radius 3 is 2.73 bits per heavy atom. The average Bonchev–Trinajstić information content (AvgIpc) is 2.75. The van der Waals surface area contributed by atoms with Crippen molar-refractivity contribution in [1.29, 1.82) is 0 Å². The van der Waals surface area contributed by atoms with Gasteiger partial charge >= 0.3 is 11.7 Å². The molecule has 1 aliphatic heterocycles. The first-order valence-electron chi connectivity index (χ1n) is 6.87. The van der Waals surface area contributed by atoms with E-state index in [4.69, 9.17) is 14.6 Å². The summed E-state index contributed by atoms with van der Waals surface area (Å²) in [6.07, 6.45) is -1.68. The summed E-state index contributed by atoms with van der Waals surface area (Å²) in [7, 11) is 0. The van der Waals surface area contributed by atoms with E-state index in [9.17, 15) is 19.5 Å². The fourth-order valence-corrected chi connectivity index (χ4v) is 2.39. The van der Waals surface area contributed by atoms with Crippen LogP contribution in [-0.2, 0) is 9.47 Å². The van der Waals surface area contributed by atoms with Crippen molar-refractivity contribution >= 4 is 5.97 Å². The van der Waals surface area contributed by atoms with Gasteiger partial charge in [-0.25, -0.2) is 9.59 Å². The standard InChI is InChI=1S/C13H18N2O7/c1-3-21-12(19)7-4-15(13(20)14-10(7)18)11-6(2)9(17)8(5-16)22-11/h4,6,8-9,11,16-17H,3,5H2,1-2H3,(H,14,18,20)/t6-,8-,9+,11-/m1/s1. The summed E-state index contributed by atoms with van der Waals surface area (Å²) in [4.78, 5) is 37.4. The van der Waals surface area contributed by atoms with Crippen LogP contribution < -0.4 is 11.2 Å². The Balaban J connectivity index is 2.44. The number of H-pyrrole nitrogens is 1. The van der Waals surface area contributed by atoms with Gasteiger partial charge in [-0.1, -0.05) is 6.92 Å². The first-order valence-corrected chi connectivity index (χ1v) is 6.87. The van der Waals surface area contributed by atoms with Crippen molar-refractivity contribution < 1.29 is 24.5 Å². The van der Waals surface area contributed by atoms with Gasteiger partial charge in [0.25, 0.3) is 5.56 Å². The Kier molecular flexibility index (Phi) is 4.79. The first kappa shape index (κ1) is 16.4. The monoisotopic (exact) mass is 314 g/mol. The highest BCUT2D eigenvalue weighted by Crippen LogP contribution is 2.33. The van der Waals surface area contributed by atoms with Crippen molar-refractivity contribution in [3.05, 3.63) is 32.6 Å². The number of aliphatic hydroxyl groups excluding tert-OH is 2. The lowest BCUT2D eigenvalue weighted by atomic mass is 10.0. The number of aromatic nitrogens is 2. The molecule has 0 bridgehead atoms. The van der Waals surface area contributed by atoms with Gasteiger partial charge in [-0.15, -0.1) is 0 Å². The van der Waals surface area contributed by atoms with Crippen LogP contribution in [0.25, 0.3) is 0 Å². The lowest BCUT2D eigenvalue weighted by Crippen LogP contribution is -2.37. The zero-order valence-corrected chi connectivity index (χ0v) is 12.2. The smallest absolute Gasteiger partial charge is 0.345 e. The van der Waals surface area contributed by atoms with Crippen LogP contribution in [0.5, 0.6) is 0 Å². The number of carbonyl (C=O) groups excluding carboxylic acids is 1. The van der Waals surface area contributed by atoms with Gasteiger partial charge in [-0.05, 0) is 6.92 Å². The van der Waals surface area contributed by atoms with Gasteiger partial charge in [0.15, 0.2) is 0 Å². The predicted molar refractivity (Wildman–Crippen MR) is 73.4 cm³/mol. The zero-order valence-electron chi connectivity index (χ0n) is 12.2. The number of nitrogens with one attached hydrogen (secondary N) is 1. The van der Waals surface area contributed by atoms with E-state index in [0.717, 1.165) is 10.8 Å². The Hall–Kier alpha value is -1.97. The highest BCUT2D eigenvalue weighted by atomic mass is 16.5. The second-order valence-electron chi connectivity index (χ2n) is 5.03. The van der Waals surface area contributed by atoms with Crippen molar-refractivity contribution in [1.82, 2.24) is 9.55 Å². The van der Waals surface area contributed by atoms with Gasteiger partial charge in [-0.3, -0.25) is 14.3 Å². The minimum atomic E-state index is -0.972. The molecule has 2 heterocycles. The molecule has 0 saturated carbocycles. The maximum atomic E-state index is 11.9. The average molecular weight is 314 g/mol. The summed E-state index contributed by atoms with van der Waals surface area (Å²) in [5.41, 5.74) is -1.97. The molecule has 0 spiro atoms. The van der Waals surface area contributed by atoms with E-state index in [1.165, 1.54) is 0 Å². The molecule has 1 fully saturated rings. The van der Waals surface area contributed by atoms with Gasteiger partial charge < -0.3 is 19.7 Å². The molecule has 0 unspecified atom stereocenters. The van der Waals surface area contributed by atoms with Crippen molar-refractivity contribution in [3.8, 4) is 0 Å². The molecule has 1 saturated heterocycles. The third-order valence-corrected chi connectivity index (χ3v) is 3.60. The Morgan fingerprint density at radius 2 is 2.18 bits per heavy atom. The van der Waals surface area contributed by atoms with Gasteiger partial charge in [0.05, 0.1) is 19.3 Å². The van der Waals surface area contributed by atoms with Crippen LogP contribution in [0.15, 0.2) is 15.8 Å². The third-order valence-electron chi connectivity index (χ3n) is 3.60. The minimum absolute atomic E-state index is 0.0824. The summed E-state index contributed by atoms with van der Waals surface area (Å²) < 4.78 is 11.2. The van der Waals surface area contributed by atoms with Crippen LogP contribution in [-0.4, -0.2) is 51.2 Å². The second kappa shape index (κ2) is 6.42. The van der Waals surface area contributed by atoms with E-state index in [1.54, 1.807) is 13.8 Å². The van der Waals surface area contributed by atoms with Gasteiger partial charge in [0.2, 0.25) is 0 Å². The molecular weight excluding hydrogens is 296 g/mol. The maximum Gasteiger partial charge on any atom is 0.345 e. The molecule has 1 aromatic heterocycles. The summed E-state index contributed by atoms with van der Waals surface area (Å²) in [5, 5.41) is 19.1. The molecule has 0 amide bonds. The van der Waals surface area contributed by atoms with E-state index in [-0.39, 0.29) is 12.2 Å². The van der Waals surface area contributed by atoms with Crippen LogP contribution in [0.1, 0.15) is 30.4 Å². The van der Waals surface area contributed by atoms with E-state index < -0.39 is 48.2 Å². The minimum Gasteiger partial charge on any atom is -0.462 e. The maximum absolute atomic E-state index is 11.9. The Morgan fingerprint density at radius 1 is 1.50 bits per heavy atom.